The molecule has 0 spiro atoms. The molecule has 6 heteroatoms. The monoisotopic (exact) mass is 269 g/mol. The maximum atomic E-state index is 12.2. The molecule has 0 bridgehead atoms. The van der Waals surface area contributed by atoms with Gasteiger partial charge in [-0.15, -0.1) is 11.6 Å². The first-order chi connectivity index (χ1) is 8.70. The molecule has 5 nitrogen and oxygen atoms in total. The molecular weight excluding hydrogens is 254 g/mol. The summed E-state index contributed by atoms with van der Waals surface area (Å²) in [6, 6.07) is 2.78. The minimum absolute atomic E-state index is 0.120. The van der Waals surface area contributed by atoms with Gasteiger partial charge in [0.2, 0.25) is 0 Å². The Kier molecular flexibility index (Phi) is 4.36. The summed E-state index contributed by atoms with van der Waals surface area (Å²) in [6.45, 7) is 1.48. The Bertz CT molecular complexity index is 452. The fourth-order valence-electron chi connectivity index (χ4n) is 2.27. The van der Waals surface area contributed by atoms with Crippen molar-refractivity contribution in [2.24, 2.45) is 5.92 Å². The second-order valence-corrected chi connectivity index (χ2v) is 4.92. The number of alkyl halides is 1. The van der Waals surface area contributed by atoms with Gasteiger partial charge in [-0.1, -0.05) is 0 Å². The van der Waals surface area contributed by atoms with E-state index in [-0.39, 0.29) is 11.5 Å². The number of rotatable bonds is 3. The number of carbonyl (C=O) groups excluding carboxylic acids is 1. The number of likely N-dealkylation sites (tertiary alicyclic amines) is 1. The van der Waals surface area contributed by atoms with E-state index in [1.165, 1.54) is 12.1 Å². The predicted octanol–water partition coefficient (Wildman–Crippen LogP) is 1.25. The first kappa shape index (κ1) is 13.1. The van der Waals surface area contributed by atoms with Crippen molar-refractivity contribution in [1.82, 2.24) is 15.1 Å². The van der Waals surface area contributed by atoms with Gasteiger partial charge in [-0.3, -0.25) is 9.59 Å². The second-order valence-electron chi connectivity index (χ2n) is 4.54. The number of piperidine rings is 1. The van der Waals surface area contributed by atoms with Crippen molar-refractivity contribution in [2.45, 2.75) is 19.3 Å². The number of hydrogen-bond acceptors (Lipinski definition) is 3. The lowest BCUT2D eigenvalue weighted by molar-refractivity contribution is 0.0664. The van der Waals surface area contributed by atoms with E-state index in [1.54, 1.807) is 4.90 Å². The van der Waals surface area contributed by atoms with Gasteiger partial charge in [0.15, 0.2) is 0 Å². The van der Waals surface area contributed by atoms with E-state index >= 15 is 0 Å². The zero-order valence-electron chi connectivity index (χ0n) is 10.1. The molecule has 1 N–H and O–H groups in total. The van der Waals surface area contributed by atoms with Crippen LogP contribution in [0.2, 0.25) is 0 Å². The van der Waals surface area contributed by atoms with Gasteiger partial charge < -0.3 is 4.90 Å². The van der Waals surface area contributed by atoms with Gasteiger partial charge in [0.25, 0.3) is 11.5 Å². The van der Waals surface area contributed by atoms with Crippen LogP contribution in [-0.2, 0) is 0 Å². The highest BCUT2D eigenvalue weighted by Gasteiger charge is 2.24. The molecule has 1 aromatic heterocycles. The quantitative estimate of drug-likeness (QED) is 0.840. The van der Waals surface area contributed by atoms with Gasteiger partial charge in [-0.25, -0.2) is 5.10 Å². The number of aromatic nitrogens is 2. The van der Waals surface area contributed by atoms with E-state index in [2.05, 4.69) is 10.2 Å². The smallest absolute Gasteiger partial charge is 0.274 e. The summed E-state index contributed by atoms with van der Waals surface area (Å²) >= 11 is 5.74. The molecule has 18 heavy (non-hydrogen) atoms. The Morgan fingerprint density at radius 3 is 3.06 bits per heavy atom. The number of carbonyl (C=O) groups is 1. The van der Waals surface area contributed by atoms with Crippen molar-refractivity contribution in [3.05, 3.63) is 28.2 Å². The Morgan fingerprint density at radius 1 is 1.56 bits per heavy atom. The minimum Gasteiger partial charge on any atom is -0.337 e. The molecule has 1 aliphatic heterocycles. The average Bonchev–Trinajstić information content (AvgIpc) is 2.39. The summed E-state index contributed by atoms with van der Waals surface area (Å²) in [7, 11) is 0. The molecule has 2 heterocycles. The molecule has 1 fully saturated rings. The summed E-state index contributed by atoms with van der Waals surface area (Å²) in [5, 5.41) is 6.05. The largest absolute Gasteiger partial charge is 0.337 e. The van der Waals surface area contributed by atoms with Crippen LogP contribution >= 0.6 is 11.6 Å². The second kappa shape index (κ2) is 6.00. The molecule has 0 aliphatic carbocycles. The van der Waals surface area contributed by atoms with Crippen LogP contribution in [0, 0.1) is 5.92 Å². The van der Waals surface area contributed by atoms with Crippen LogP contribution in [0.25, 0.3) is 0 Å². The third-order valence-electron chi connectivity index (χ3n) is 3.22. The van der Waals surface area contributed by atoms with Gasteiger partial charge in [-0.05, 0) is 31.2 Å². The normalized spacial score (nSPS) is 19.8. The Hall–Kier alpha value is -1.36. The van der Waals surface area contributed by atoms with E-state index in [0.29, 0.717) is 17.5 Å². The maximum absolute atomic E-state index is 12.2. The zero-order valence-corrected chi connectivity index (χ0v) is 10.8. The highest BCUT2D eigenvalue weighted by atomic mass is 35.5. The lowest BCUT2D eigenvalue weighted by Gasteiger charge is -2.32. The number of amides is 1. The molecule has 98 valence electrons. The predicted molar refractivity (Wildman–Crippen MR) is 68.8 cm³/mol. The molecule has 0 saturated carbocycles. The van der Waals surface area contributed by atoms with Crippen LogP contribution in [0.3, 0.4) is 0 Å². The number of aromatic amines is 1. The lowest BCUT2D eigenvalue weighted by atomic mass is 9.95. The van der Waals surface area contributed by atoms with Crippen LogP contribution in [0.1, 0.15) is 29.8 Å². The summed E-state index contributed by atoms with van der Waals surface area (Å²) in [6.07, 6.45) is 3.05. The van der Waals surface area contributed by atoms with Crippen LogP contribution in [0.4, 0.5) is 0 Å². The Morgan fingerprint density at radius 2 is 2.39 bits per heavy atom. The summed E-state index contributed by atoms with van der Waals surface area (Å²) < 4.78 is 0. The van der Waals surface area contributed by atoms with E-state index in [9.17, 15) is 9.59 Å². The average molecular weight is 270 g/mol. The first-order valence-corrected chi connectivity index (χ1v) is 6.65. The van der Waals surface area contributed by atoms with Crippen molar-refractivity contribution < 1.29 is 4.79 Å². The maximum Gasteiger partial charge on any atom is 0.274 e. The molecule has 0 aromatic carbocycles. The third kappa shape index (κ3) is 3.10. The minimum atomic E-state index is -0.301. The van der Waals surface area contributed by atoms with Gasteiger partial charge in [0.05, 0.1) is 0 Å². The SMILES string of the molecule is O=C(c1ccc(=O)[nH]n1)N1CCCC(CCCl)C1. The highest BCUT2D eigenvalue weighted by Crippen LogP contribution is 2.21. The lowest BCUT2D eigenvalue weighted by Crippen LogP contribution is -2.40. The number of H-pyrrole nitrogens is 1. The fourth-order valence-corrected chi connectivity index (χ4v) is 2.57. The molecule has 1 unspecified atom stereocenters. The van der Waals surface area contributed by atoms with Crippen molar-refractivity contribution in [1.29, 1.82) is 0 Å². The summed E-state index contributed by atoms with van der Waals surface area (Å²) in [5.41, 5.74) is -0.00802. The molecule has 2 rings (SSSR count). The number of halogens is 1. The molecule has 0 radical (unpaired) electrons. The third-order valence-corrected chi connectivity index (χ3v) is 3.44. The number of nitrogens with one attached hydrogen (secondary N) is 1. The molecule has 1 amide bonds. The topological polar surface area (TPSA) is 66.1 Å². The van der Waals surface area contributed by atoms with Gasteiger partial charge >= 0.3 is 0 Å². The van der Waals surface area contributed by atoms with E-state index < -0.39 is 0 Å². The van der Waals surface area contributed by atoms with Crippen molar-refractivity contribution in [2.75, 3.05) is 19.0 Å². The van der Waals surface area contributed by atoms with Crippen molar-refractivity contribution in [3.63, 3.8) is 0 Å². The van der Waals surface area contributed by atoms with Crippen LogP contribution in [0.5, 0.6) is 0 Å². The Balaban J connectivity index is 2.04. The first-order valence-electron chi connectivity index (χ1n) is 6.11. The fraction of sp³-hybridized carbons (Fsp3) is 0.583. The van der Waals surface area contributed by atoms with E-state index in [4.69, 9.17) is 11.6 Å². The van der Waals surface area contributed by atoms with Crippen LogP contribution in [-0.4, -0.2) is 40.0 Å². The molecular formula is C12H16ClN3O2. The van der Waals surface area contributed by atoms with E-state index in [0.717, 1.165) is 32.4 Å². The number of hydrogen-bond donors (Lipinski definition) is 1. The molecule has 1 atom stereocenters. The van der Waals surface area contributed by atoms with Gasteiger partial charge in [0, 0.05) is 25.0 Å². The summed E-state index contributed by atoms with van der Waals surface area (Å²) in [5.74, 6) is 0.984. The number of nitrogens with zero attached hydrogens (tertiary/aromatic N) is 2. The van der Waals surface area contributed by atoms with Crippen molar-refractivity contribution >= 4 is 17.5 Å². The molecule has 1 aliphatic rings. The van der Waals surface area contributed by atoms with Gasteiger partial charge in [0.1, 0.15) is 5.69 Å². The van der Waals surface area contributed by atoms with Crippen LogP contribution < -0.4 is 5.56 Å². The standard InChI is InChI=1S/C12H16ClN3O2/c13-6-5-9-2-1-7-16(8-9)12(18)10-3-4-11(17)15-14-10/h3-4,9H,1-2,5-8H2,(H,15,17). The van der Waals surface area contributed by atoms with Crippen molar-refractivity contribution in [3.8, 4) is 0 Å². The zero-order chi connectivity index (χ0) is 13.0. The highest BCUT2D eigenvalue weighted by molar-refractivity contribution is 6.17. The Labute approximate surface area is 110 Å². The molecule has 1 aromatic rings. The van der Waals surface area contributed by atoms with Crippen LogP contribution in [0.15, 0.2) is 16.9 Å². The molecule has 1 saturated heterocycles. The summed E-state index contributed by atoms with van der Waals surface area (Å²) in [4.78, 5) is 24.9. The van der Waals surface area contributed by atoms with Gasteiger partial charge in [-0.2, -0.15) is 5.10 Å². The van der Waals surface area contributed by atoms with E-state index in [1.807, 2.05) is 0 Å².